The van der Waals surface area contributed by atoms with E-state index >= 15 is 0 Å². The van der Waals surface area contributed by atoms with Crippen LogP contribution in [0.3, 0.4) is 0 Å². The zero-order chi connectivity index (χ0) is 15.1. The number of carboxylic acid groups (broad SMARTS) is 1. The average molecular weight is 350 g/mol. The van der Waals surface area contributed by atoms with Crippen LogP contribution in [0.25, 0.3) is 0 Å². The Morgan fingerprint density at radius 3 is 2.24 bits per heavy atom. The van der Waals surface area contributed by atoms with Gasteiger partial charge in [0.05, 0.1) is 23.1 Å². The van der Waals surface area contributed by atoms with E-state index in [1.807, 2.05) is 12.2 Å². The quantitative estimate of drug-likeness (QED) is 0.657. The molecule has 0 unspecified atom stereocenters. The summed E-state index contributed by atoms with van der Waals surface area (Å²) in [6, 6.07) is 4.32. The average Bonchev–Trinajstić information content (AvgIpc) is 2.72. The van der Waals surface area contributed by atoms with Crippen LogP contribution in [-0.4, -0.2) is 22.9 Å². The van der Waals surface area contributed by atoms with Crippen molar-refractivity contribution in [3.63, 3.8) is 0 Å². The number of rotatable bonds is 2. The number of aromatic carboxylic acids is 1. The number of allylic oxidation sites excluding steroid dienone is 2. The van der Waals surface area contributed by atoms with Crippen LogP contribution in [0.4, 0.5) is 5.69 Å². The third kappa shape index (κ3) is 2.19. The van der Waals surface area contributed by atoms with Gasteiger partial charge in [0.2, 0.25) is 11.8 Å². The van der Waals surface area contributed by atoms with Crippen LogP contribution in [0.2, 0.25) is 0 Å². The van der Waals surface area contributed by atoms with E-state index < -0.39 is 5.97 Å². The number of halogens is 1. The van der Waals surface area contributed by atoms with Crippen LogP contribution < -0.4 is 4.90 Å². The van der Waals surface area contributed by atoms with Crippen molar-refractivity contribution in [2.75, 3.05) is 4.90 Å². The van der Waals surface area contributed by atoms with Gasteiger partial charge in [-0.3, -0.25) is 9.59 Å². The van der Waals surface area contributed by atoms with E-state index in [0.29, 0.717) is 23.0 Å². The lowest BCUT2D eigenvalue weighted by Gasteiger charge is -2.17. The van der Waals surface area contributed by atoms with Gasteiger partial charge in [-0.25, -0.2) is 9.69 Å². The van der Waals surface area contributed by atoms with Crippen molar-refractivity contribution in [3.05, 3.63) is 40.4 Å². The molecule has 0 saturated carbocycles. The minimum absolute atomic E-state index is 0.0433. The van der Waals surface area contributed by atoms with E-state index in [2.05, 4.69) is 15.9 Å². The SMILES string of the molecule is O=C(O)c1ccc(Br)c(N2C(=O)[C@@H]3CC=CC[C@H]3C2=O)c1. The lowest BCUT2D eigenvalue weighted by molar-refractivity contribution is -0.122. The van der Waals surface area contributed by atoms with Gasteiger partial charge in [-0.2, -0.15) is 0 Å². The van der Waals surface area contributed by atoms with Gasteiger partial charge in [0.25, 0.3) is 0 Å². The fourth-order valence-corrected chi connectivity index (χ4v) is 3.28. The molecule has 2 atom stereocenters. The predicted molar refractivity (Wildman–Crippen MR) is 78.9 cm³/mol. The van der Waals surface area contributed by atoms with E-state index in [-0.39, 0.29) is 29.2 Å². The van der Waals surface area contributed by atoms with E-state index in [0.717, 1.165) is 4.90 Å². The van der Waals surface area contributed by atoms with Gasteiger partial charge in [-0.1, -0.05) is 12.2 Å². The molecule has 1 aromatic rings. The van der Waals surface area contributed by atoms with Gasteiger partial charge in [0.1, 0.15) is 0 Å². The van der Waals surface area contributed by atoms with Crippen LogP contribution >= 0.6 is 15.9 Å². The molecule has 6 heteroatoms. The number of amides is 2. The van der Waals surface area contributed by atoms with Gasteiger partial charge < -0.3 is 5.11 Å². The second-order valence-corrected chi connectivity index (χ2v) is 5.99. The number of anilines is 1. The van der Waals surface area contributed by atoms with Crippen LogP contribution in [0.1, 0.15) is 23.2 Å². The number of carboxylic acids is 1. The Morgan fingerprint density at radius 1 is 1.14 bits per heavy atom. The third-order valence-corrected chi connectivity index (χ3v) is 4.61. The van der Waals surface area contributed by atoms with Crippen molar-refractivity contribution < 1.29 is 19.5 Å². The Labute approximate surface area is 129 Å². The molecule has 0 spiro atoms. The number of carbonyl (C=O) groups excluding carboxylic acids is 2. The maximum atomic E-state index is 12.5. The van der Waals surface area contributed by atoms with Gasteiger partial charge in [0.15, 0.2) is 0 Å². The highest BCUT2D eigenvalue weighted by atomic mass is 79.9. The molecule has 3 rings (SSSR count). The van der Waals surface area contributed by atoms with Crippen LogP contribution in [-0.2, 0) is 9.59 Å². The van der Waals surface area contributed by atoms with Crippen molar-refractivity contribution in [2.24, 2.45) is 11.8 Å². The summed E-state index contributed by atoms with van der Waals surface area (Å²) in [6.07, 6.45) is 4.95. The Bertz CT molecular complexity index is 656. The van der Waals surface area contributed by atoms with E-state index in [4.69, 9.17) is 5.11 Å². The molecular formula is C15H12BrNO4. The van der Waals surface area contributed by atoms with Crippen LogP contribution in [0, 0.1) is 11.8 Å². The second kappa shape index (κ2) is 5.11. The standard InChI is InChI=1S/C15H12BrNO4/c16-11-6-5-8(15(20)21)7-12(11)17-13(18)9-3-1-2-4-10(9)14(17)19/h1-2,5-7,9-10H,3-4H2,(H,20,21)/t9-,10-/m1/s1. The molecule has 0 bridgehead atoms. The Morgan fingerprint density at radius 2 is 1.71 bits per heavy atom. The molecular weight excluding hydrogens is 338 g/mol. The van der Waals surface area contributed by atoms with E-state index in [1.165, 1.54) is 12.1 Å². The van der Waals surface area contributed by atoms with Crippen LogP contribution in [0.15, 0.2) is 34.8 Å². The first kappa shape index (κ1) is 14.0. The summed E-state index contributed by atoms with van der Waals surface area (Å²) < 4.78 is 0.529. The monoisotopic (exact) mass is 349 g/mol. The molecule has 1 fully saturated rings. The summed E-state index contributed by atoms with van der Waals surface area (Å²) in [4.78, 5) is 37.2. The predicted octanol–water partition coefficient (Wildman–Crippen LogP) is 2.60. The first-order valence-electron chi connectivity index (χ1n) is 6.56. The van der Waals surface area contributed by atoms with Crippen molar-refractivity contribution in [1.82, 2.24) is 0 Å². The molecule has 5 nitrogen and oxygen atoms in total. The molecule has 1 heterocycles. The van der Waals surface area contributed by atoms with Crippen molar-refractivity contribution >= 4 is 39.4 Å². The number of fused-ring (bicyclic) bond motifs is 1. The number of nitrogens with zero attached hydrogens (tertiary/aromatic N) is 1. The van der Waals surface area contributed by atoms with Crippen molar-refractivity contribution in [2.45, 2.75) is 12.8 Å². The highest BCUT2D eigenvalue weighted by molar-refractivity contribution is 9.10. The molecule has 1 saturated heterocycles. The molecule has 108 valence electrons. The summed E-state index contributed by atoms with van der Waals surface area (Å²) in [6.45, 7) is 0. The summed E-state index contributed by atoms with van der Waals surface area (Å²) in [5.74, 6) is -2.26. The maximum absolute atomic E-state index is 12.5. The number of carbonyl (C=O) groups is 3. The minimum Gasteiger partial charge on any atom is -0.478 e. The summed E-state index contributed by atoms with van der Waals surface area (Å²) in [5.41, 5.74) is 0.348. The Hall–Kier alpha value is -1.95. The molecule has 0 radical (unpaired) electrons. The van der Waals surface area contributed by atoms with E-state index in [1.54, 1.807) is 6.07 Å². The molecule has 1 aliphatic heterocycles. The number of imide groups is 1. The number of benzene rings is 1. The molecule has 21 heavy (non-hydrogen) atoms. The zero-order valence-corrected chi connectivity index (χ0v) is 12.5. The molecule has 0 aromatic heterocycles. The number of hydrogen-bond donors (Lipinski definition) is 1. The maximum Gasteiger partial charge on any atom is 0.335 e. The Balaban J connectivity index is 2.05. The smallest absolute Gasteiger partial charge is 0.335 e. The van der Waals surface area contributed by atoms with Crippen molar-refractivity contribution in [1.29, 1.82) is 0 Å². The first-order chi connectivity index (χ1) is 10.0. The lowest BCUT2D eigenvalue weighted by Crippen LogP contribution is -2.31. The summed E-state index contributed by atoms with van der Waals surface area (Å²) in [7, 11) is 0. The minimum atomic E-state index is -1.10. The van der Waals surface area contributed by atoms with Crippen LogP contribution in [0.5, 0.6) is 0 Å². The summed E-state index contributed by atoms with van der Waals surface area (Å²) >= 11 is 3.29. The zero-order valence-electron chi connectivity index (χ0n) is 11.0. The molecule has 1 N–H and O–H groups in total. The van der Waals surface area contributed by atoms with Gasteiger partial charge in [-0.05, 0) is 47.0 Å². The van der Waals surface area contributed by atoms with Gasteiger partial charge >= 0.3 is 5.97 Å². The van der Waals surface area contributed by atoms with Gasteiger partial charge in [0, 0.05) is 4.47 Å². The fourth-order valence-electron chi connectivity index (χ4n) is 2.85. The van der Waals surface area contributed by atoms with Crippen molar-refractivity contribution in [3.8, 4) is 0 Å². The molecule has 1 aliphatic carbocycles. The highest BCUT2D eigenvalue weighted by Gasteiger charge is 2.48. The van der Waals surface area contributed by atoms with E-state index in [9.17, 15) is 14.4 Å². The largest absolute Gasteiger partial charge is 0.478 e. The third-order valence-electron chi connectivity index (χ3n) is 3.94. The second-order valence-electron chi connectivity index (χ2n) is 5.14. The topological polar surface area (TPSA) is 74.7 Å². The van der Waals surface area contributed by atoms with Gasteiger partial charge in [-0.15, -0.1) is 0 Å². The lowest BCUT2D eigenvalue weighted by atomic mass is 9.85. The normalized spacial score (nSPS) is 24.3. The fraction of sp³-hybridized carbons (Fsp3) is 0.267. The molecule has 2 aliphatic rings. The summed E-state index contributed by atoms with van der Waals surface area (Å²) in [5, 5.41) is 9.07. The Kier molecular flexibility index (Phi) is 3.41. The molecule has 1 aromatic carbocycles. The highest BCUT2D eigenvalue weighted by Crippen LogP contribution is 2.40. The molecule has 2 amide bonds. The first-order valence-corrected chi connectivity index (χ1v) is 7.35. The number of hydrogen-bond acceptors (Lipinski definition) is 3.